The van der Waals surface area contributed by atoms with Crippen LogP contribution in [0.5, 0.6) is 0 Å². The van der Waals surface area contributed by atoms with Gasteiger partial charge in [0, 0.05) is 24.0 Å². The van der Waals surface area contributed by atoms with E-state index in [0.717, 1.165) is 21.3 Å². The molecule has 1 fully saturated rings. The molecule has 0 bridgehead atoms. The van der Waals surface area contributed by atoms with Gasteiger partial charge in [0.1, 0.15) is 16.5 Å². The highest BCUT2D eigenvalue weighted by Gasteiger charge is 2.27. The first-order valence-corrected chi connectivity index (χ1v) is 9.47. The molecule has 0 saturated carbocycles. The Morgan fingerprint density at radius 3 is 2.58 bits per heavy atom. The van der Waals surface area contributed by atoms with Gasteiger partial charge in [-0.05, 0) is 42.1 Å². The third-order valence-corrected chi connectivity index (χ3v) is 5.73. The standard InChI is InChI=1S/C18H15ClFN3O2S/c19-18-21-15(23-7-5-11(6-8-23)17(24)25)14-13(9-26-16(14)22-18)10-1-3-12(20)4-2-10/h1-4,9,11H,5-8H2,(H,24,25). The van der Waals surface area contributed by atoms with Crippen LogP contribution in [0, 0.1) is 11.7 Å². The van der Waals surface area contributed by atoms with Crippen LogP contribution in [0.4, 0.5) is 10.2 Å². The molecule has 1 aliphatic rings. The number of anilines is 1. The molecule has 0 spiro atoms. The van der Waals surface area contributed by atoms with Crippen molar-refractivity contribution in [1.29, 1.82) is 0 Å². The SMILES string of the molecule is O=C(O)C1CCN(c2nc(Cl)nc3scc(-c4ccc(F)cc4)c23)CC1. The van der Waals surface area contributed by atoms with E-state index in [1.165, 1.54) is 23.5 Å². The molecule has 2 aromatic heterocycles. The number of carboxylic acids is 1. The molecule has 134 valence electrons. The first-order valence-electron chi connectivity index (χ1n) is 8.21. The quantitative estimate of drug-likeness (QED) is 0.668. The van der Waals surface area contributed by atoms with Crippen molar-refractivity contribution < 1.29 is 14.3 Å². The van der Waals surface area contributed by atoms with E-state index in [4.69, 9.17) is 11.6 Å². The molecule has 0 radical (unpaired) electrons. The highest BCUT2D eigenvalue weighted by molar-refractivity contribution is 7.17. The average Bonchev–Trinajstić information content (AvgIpc) is 3.05. The first kappa shape index (κ1) is 17.2. The van der Waals surface area contributed by atoms with E-state index in [-0.39, 0.29) is 17.0 Å². The molecule has 5 nitrogen and oxygen atoms in total. The maximum Gasteiger partial charge on any atom is 0.306 e. The lowest BCUT2D eigenvalue weighted by Crippen LogP contribution is -2.37. The lowest BCUT2D eigenvalue weighted by Gasteiger charge is -2.31. The van der Waals surface area contributed by atoms with Crippen LogP contribution in [0.1, 0.15) is 12.8 Å². The fraction of sp³-hybridized carbons (Fsp3) is 0.278. The number of benzene rings is 1. The smallest absolute Gasteiger partial charge is 0.306 e. The van der Waals surface area contributed by atoms with Crippen molar-refractivity contribution in [2.24, 2.45) is 5.92 Å². The topological polar surface area (TPSA) is 66.3 Å². The van der Waals surface area contributed by atoms with Crippen LogP contribution in [0.15, 0.2) is 29.6 Å². The Kier molecular flexibility index (Phi) is 4.50. The number of thiophene rings is 1. The predicted molar refractivity (Wildman–Crippen MR) is 100 cm³/mol. The molecule has 0 atom stereocenters. The van der Waals surface area contributed by atoms with Crippen LogP contribution in [-0.2, 0) is 4.79 Å². The zero-order chi connectivity index (χ0) is 18.3. The fourth-order valence-electron chi connectivity index (χ4n) is 3.31. The van der Waals surface area contributed by atoms with Gasteiger partial charge in [-0.3, -0.25) is 4.79 Å². The summed E-state index contributed by atoms with van der Waals surface area (Å²) in [5, 5.41) is 12.2. The number of nitrogens with zero attached hydrogens (tertiary/aromatic N) is 3. The van der Waals surface area contributed by atoms with E-state index in [1.54, 1.807) is 12.1 Å². The Balaban J connectivity index is 1.78. The van der Waals surface area contributed by atoms with Crippen LogP contribution in [0.3, 0.4) is 0 Å². The maximum atomic E-state index is 13.3. The summed E-state index contributed by atoms with van der Waals surface area (Å²) < 4.78 is 13.3. The number of aromatic nitrogens is 2. The molecule has 1 N–H and O–H groups in total. The molecule has 0 amide bonds. The molecule has 1 saturated heterocycles. The van der Waals surface area contributed by atoms with Gasteiger partial charge < -0.3 is 10.0 Å². The largest absolute Gasteiger partial charge is 0.481 e. The van der Waals surface area contributed by atoms with Crippen LogP contribution in [0.25, 0.3) is 21.3 Å². The van der Waals surface area contributed by atoms with Gasteiger partial charge in [0.05, 0.1) is 11.3 Å². The van der Waals surface area contributed by atoms with E-state index in [2.05, 4.69) is 14.9 Å². The van der Waals surface area contributed by atoms with E-state index in [1.807, 2.05) is 5.38 Å². The van der Waals surface area contributed by atoms with Crippen molar-refractivity contribution in [3.63, 3.8) is 0 Å². The third-order valence-electron chi connectivity index (χ3n) is 4.69. The van der Waals surface area contributed by atoms with Crippen molar-refractivity contribution in [3.8, 4) is 11.1 Å². The maximum absolute atomic E-state index is 13.3. The Hall–Kier alpha value is -2.25. The highest BCUT2D eigenvalue weighted by Crippen LogP contribution is 2.39. The number of piperidine rings is 1. The monoisotopic (exact) mass is 391 g/mol. The molecule has 4 rings (SSSR count). The normalized spacial score (nSPS) is 15.5. The summed E-state index contributed by atoms with van der Waals surface area (Å²) in [5.74, 6) is -0.649. The van der Waals surface area contributed by atoms with E-state index < -0.39 is 5.97 Å². The summed E-state index contributed by atoms with van der Waals surface area (Å²) in [5.41, 5.74) is 1.81. The molecule has 1 aromatic carbocycles. The minimum atomic E-state index is -0.752. The zero-order valence-corrected chi connectivity index (χ0v) is 15.2. The van der Waals surface area contributed by atoms with Crippen molar-refractivity contribution in [2.45, 2.75) is 12.8 Å². The Morgan fingerprint density at radius 1 is 1.23 bits per heavy atom. The molecule has 0 unspecified atom stereocenters. The molecule has 1 aliphatic heterocycles. The van der Waals surface area contributed by atoms with Crippen LogP contribution in [-0.4, -0.2) is 34.1 Å². The molecular weight excluding hydrogens is 377 g/mol. The minimum absolute atomic E-state index is 0.167. The Morgan fingerprint density at radius 2 is 1.92 bits per heavy atom. The lowest BCUT2D eigenvalue weighted by molar-refractivity contribution is -0.142. The molecule has 0 aliphatic carbocycles. The van der Waals surface area contributed by atoms with Crippen LogP contribution in [0.2, 0.25) is 5.28 Å². The lowest BCUT2D eigenvalue weighted by atomic mass is 9.96. The number of hydrogen-bond acceptors (Lipinski definition) is 5. The van der Waals surface area contributed by atoms with E-state index >= 15 is 0 Å². The number of hydrogen-bond donors (Lipinski definition) is 1. The zero-order valence-electron chi connectivity index (χ0n) is 13.7. The van der Waals surface area contributed by atoms with Gasteiger partial charge in [0.2, 0.25) is 5.28 Å². The number of halogens is 2. The molecular formula is C18H15ClFN3O2S. The fourth-order valence-corrected chi connectivity index (χ4v) is 4.46. The molecule has 3 heterocycles. The number of carbonyl (C=O) groups is 1. The number of rotatable bonds is 3. The second kappa shape index (κ2) is 6.81. The van der Waals surface area contributed by atoms with Crippen molar-refractivity contribution >= 4 is 44.9 Å². The molecule has 8 heteroatoms. The summed E-state index contributed by atoms with van der Waals surface area (Å²) in [6, 6.07) is 6.30. The third kappa shape index (κ3) is 3.12. The van der Waals surface area contributed by atoms with Gasteiger partial charge in [-0.15, -0.1) is 11.3 Å². The van der Waals surface area contributed by atoms with E-state index in [0.29, 0.717) is 31.7 Å². The first-order chi connectivity index (χ1) is 12.5. The average molecular weight is 392 g/mol. The van der Waals surface area contributed by atoms with Gasteiger partial charge in [-0.2, -0.15) is 4.98 Å². The molecule has 3 aromatic rings. The van der Waals surface area contributed by atoms with Gasteiger partial charge in [0.25, 0.3) is 0 Å². The summed E-state index contributed by atoms with van der Waals surface area (Å²) in [7, 11) is 0. The Labute approximate surface area is 158 Å². The summed E-state index contributed by atoms with van der Waals surface area (Å²) in [4.78, 5) is 22.8. The summed E-state index contributed by atoms with van der Waals surface area (Å²) in [6.07, 6.45) is 1.13. The Bertz CT molecular complexity index is 968. The van der Waals surface area contributed by atoms with Gasteiger partial charge in [-0.1, -0.05) is 12.1 Å². The highest BCUT2D eigenvalue weighted by atomic mass is 35.5. The summed E-state index contributed by atoms with van der Waals surface area (Å²) >= 11 is 7.57. The van der Waals surface area contributed by atoms with Crippen molar-refractivity contribution in [3.05, 3.63) is 40.7 Å². The number of aliphatic carboxylic acids is 1. The van der Waals surface area contributed by atoms with E-state index in [9.17, 15) is 14.3 Å². The second-order valence-corrected chi connectivity index (χ2v) is 7.45. The van der Waals surface area contributed by atoms with Gasteiger partial charge in [-0.25, -0.2) is 9.37 Å². The summed E-state index contributed by atoms with van der Waals surface area (Å²) in [6.45, 7) is 1.19. The number of carboxylic acid groups (broad SMARTS) is 1. The minimum Gasteiger partial charge on any atom is -0.481 e. The van der Waals surface area contributed by atoms with Crippen molar-refractivity contribution in [2.75, 3.05) is 18.0 Å². The van der Waals surface area contributed by atoms with Gasteiger partial charge in [0.15, 0.2) is 0 Å². The van der Waals surface area contributed by atoms with Crippen LogP contribution >= 0.6 is 22.9 Å². The van der Waals surface area contributed by atoms with Crippen LogP contribution < -0.4 is 4.90 Å². The molecule has 26 heavy (non-hydrogen) atoms. The van der Waals surface area contributed by atoms with Gasteiger partial charge >= 0.3 is 5.97 Å². The number of fused-ring (bicyclic) bond motifs is 1. The second-order valence-electron chi connectivity index (χ2n) is 6.25. The van der Waals surface area contributed by atoms with Crippen molar-refractivity contribution in [1.82, 2.24) is 9.97 Å². The predicted octanol–water partition coefficient (Wildman–Crippen LogP) is 4.45.